The molecule has 2 heteroatoms. The molecule has 0 amide bonds. The van der Waals surface area contributed by atoms with Crippen LogP contribution in [0.1, 0.15) is 33.1 Å². The molecule has 0 spiro atoms. The standard InChI is InChI=1S/C9H18FN/c1-3-9-8(10)6-5-7-11(9)4-2/h8-9H,3-7H2,1-2H3. The van der Waals surface area contributed by atoms with Crippen LogP contribution in [0.5, 0.6) is 0 Å². The molecule has 0 bridgehead atoms. The Balaban J connectivity index is 2.48. The summed E-state index contributed by atoms with van der Waals surface area (Å²) in [6, 6.07) is 0.203. The summed E-state index contributed by atoms with van der Waals surface area (Å²) in [6.07, 6.45) is 2.18. The number of rotatable bonds is 2. The van der Waals surface area contributed by atoms with Gasteiger partial charge in [-0.25, -0.2) is 4.39 Å². The molecule has 1 fully saturated rings. The second kappa shape index (κ2) is 4.05. The van der Waals surface area contributed by atoms with Gasteiger partial charge in [0.1, 0.15) is 6.17 Å². The lowest BCUT2D eigenvalue weighted by molar-refractivity contribution is 0.0673. The van der Waals surface area contributed by atoms with Crippen LogP contribution >= 0.6 is 0 Å². The summed E-state index contributed by atoms with van der Waals surface area (Å²) in [5, 5.41) is 0. The lowest BCUT2D eigenvalue weighted by atomic mass is 9.98. The fourth-order valence-corrected chi connectivity index (χ4v) is 1.98. The van der Waals surface area contributed by atoms with Crippen LogP contribution in [0.4, 0.5) is 4.39 Å². The van der Waals surface area contributed by atoms with Gasteiger partial charge in [-0.1, -0.05) is 13.8 Å². The molecule has 0 aromatic heterocycles. The van der Waals surface area contributed by atoms with E-state index in [0.29, 0.717) is 0 Å². The molecule has 1 nitrogen and oxygen atoms in total. The van der Waals surface area contributed by atoms with Crippen molar-refractivity contribution in [1.29, 1.82) is 0 Å². The molecule has 0 aromatic rings. The Labute approximate surface area is 68.6 Å². The van der Waals surface area contributed by atoms with Gasteiger partial charge in [0.25, 0.3) is 0 Å². The van der Waals surface area contributed by atoms with Crippen LogP contribution < -0.4 is 0 Å². The van der Waals surface area contributed by atoms with E-state index in [2.05, 4.69) is 18.7 Å². The topological polar surface area (TPSA) is 3.24 Å². The van der Waals surface area contributed by atoms with Crippen LogP contribution in [0.15, 0.2) is 0 Å². The first-order valence-corrected chi connectivity index (χ1v) is 4.67. The summed E-state index contributed by atoms with van der Waals surface area (Å²) in [7, 11) is 0. The third-order valence-electron chi connectivity index (χ3n) is 2.64. The predicted molar refractivity (Wildman–Crippen MR) is 45.5 cm³/mol. The Hall–Kier alpha value is -0.110. The van der Waals surface area contributed by atoms with Crippen molar-refractivity contribution in [3.8, 4) is 0 Å². The second-order valence-corrected chi connectivity index (χ2v) is 3.26. The summed E-state index contributed by atoms with van der Waals surface area (Å²) in [4.78, 5) is 2.26. The molecule has 66 valence electrons. The number of likely N-dealkylation sites (tertiary alicyclic amines) is 1. The van der Waals surface area contributed by atoms with E-state index in [1.807, 2.05) is 0 Å². The zero-order valence-electron chi connectivity index (χ0n) is 7.52. The lowest BCUT2D eigenvalue weighted by Gasteiger charge is -2.36. The first-order chi connectivity index (χ1) is 5.29. The number of nitrogens with zero attached hydrogens (tertiary/aromatic N) is 1. The molecule has 1 rings (SSSR count). The molecule has 11 heavy (non-hydrogen) atoms. The molecule has 0 aliphatic carbocycles. The number of piperidine rings is 1. The fraction of sp³-hybridized carbons (Fsp3) is 1.00. The quantitative estimate of drug-likeness (QED) is 0.597. The van der Waals surface area contributed by atoms with Gasteiger partial charge < -0.3 is 0 Å². The summed E-state index contributed by atoms with van der Waals surface area (Å²) < 4.78 is 13.2. The minimum absolute atomic E-state index is 0.203. The molecule has 2 unspecified atom stereocenters. The molecule has 1 saturated heterocycles. The highest BCUT2D eigenvalue weighted by molar-refractivity contribution is 4.82. The van der Waals surface area contributed by atoms with E-state index in [9.17, 15) is 4.39 Å². The smallest absolute Gasteiger partial charge is 0.116 e. The third kappa shape index (κ3) is 1.92. The van der Waals surface area contributed by atoms with Gasteiger partial charge in [-0.05, 0) is 32.4 Å². The largest absolute Gasteiger partial charge is 0.298 e. The monoisotopic (exact) mass is 159 g/mol. The SMILES string of the molecule is CCC1C(F)CCCN1CC. The Bertz CT molecular complexity index is 116. The lowest BCUT2D eigenvalue weighted by Crippen LogP contribution is -2.45. The van der Waals surface area contributed by atoms with Crippen molar-refractivity contribution in [2.45, 2.75) is 45.3 Å². The van der Waals surface area contributed by atoms with E-state index in [1.165, 1.54) is 0 Å². The van der Waals surface area contributed by atoms with Gasteiger partial charge in [-0.15, -0.1) is 0 Å². The maximum Gasteiger partial charge on any atom is 0.116 e. The van der Waals surface area contributed by atoms with Crippen LogP contribution in [0.3, 0.4) is 0 Å². The van der Waals surface area contributed by atoms with Crippen LogP contribution in [0.2, 0.25) is 0 Å². The van der Waals surface area contributed by atoms with Gasteiger partial charge in [-0.3, -0.25) is 4.90 Å². The zero-order valence-corrected chi connectivity index (χ0v) is 7.52. The highest BCUT2D eigenvalue weighted by Gasteiger charge is 2.28. The van der Waals surface area contributed by atoms with Crippen LogP contribution in [-0.2, 0) is 0 Å². The van der Waals surface area contributed by atoms with Crippen LogP contribution in [-0.4, -0.2) is 30.2 Å². The normalized spacial score (nSPS) is 34.1. The van der Waals surface area contributed by atoms with E-state index in [4.69, 9.17) is 0 Å². The maximum absolute atomic E-state index is 13.2. The van der Waals surface area contributed by atoms with Gasteiger partial charge in [0.15, 0.2) is 0 Å². The van der Waals surface area contributed by atoms with Crippen molar-refractivity contribution >= 4 is 0 Å². The minimum Gasteiger partial charge on any atom is -0.298 e. The Morgan fingerprint density at radius 1 is 1.45 bits per heavy atom. The second-order valence-electron chi connectivity index (χ2n) is 3.26. The summed E-state index contributed by atoms with van der Waals surface area (Å²) in [5.74, 6) is 0. The number of hydrogen-bond donors (Lipinski definition) is 0. The van der Waals surface area contributed by atoms with Crippen molar-refractivity contribution in [1.82, 2.24) is 4.90 Å². The van der Waals surface area contributed by atoms with Gasteiger partial charge in [0.2, 0.25) is 0 Å². The summed E-state index contributed by atoms with van der Waals surface area (Å²) >= 11 is 0. The predicted octanol–water partition coefficient (Wildman–Crippen LogP) is 2.22. The van der Waals surface area contributed by atoms with Gasteiger partial charge >= 0.3 is 0 Å². The van der Waals surface area contributed by atoms with E-state index >= 15 is 0 Å². The number of hydrogen-bond acceptors (Lipinski definition) is 1. The van der Waals surface area contributed by atoms with Crippen molar-refractivity contribution in [3.05, 3.63) is 0 Å². The summed E-state index contributed by atoms with van der Waals surface area (Å²) in [6.45, 7) is 6.28. The van der Waals surface area contributed by atoms with Gasteiger partial charge in [0, 0.05) is 6.04 Å². The van der Waals surface area contributed by atoms with Crippen LogP contribution in [0, 0.1) is 0 Å². The molecule has 0 saturated carbocycles. The van der Waals surface area contributed by atoms with Gasteiger partial charge in [-0.2, -0.15) is 0 Å². The number of alkyl halides is 1. The summed E-state index contributed by atoms with van der Waals surface area (Å²) in [5.41, 5.74) is 0. The highest BCUT2D eigenvalue weighted by Crippen LogP contribution is 2.22. The fourth-order valence-electron chi connectivity index (χ4n) is 1.98. The third-order valence-corrected chi connectivity index (χ3v) is 2.64. The number of halogens is 1. The van der Waals surface area contributed by atoms with Crippen LogP contribution in [0.25, 0.3) is 0 Å². The Morgan fingerprint density at radius 3 is 2.64 bits per heavy atom. The average molecular weight is 159 g/mol. The van der Waals surface area contributed by atoms with E-state index in [-0.39, 0.29) is 6.04 Å². The molecule has 2 atom stereocenters. The van der Waals surface area contributed by atoms with Crippen molar-refractivity contribution in [2.75, 3.05) is 13.1 Å². The molecule has 1 aliphatic heterocycles. The molecule has 0 radical (unpaired) electrons. The van der Waals surface area contributed by atoms with Crippen molar-refractivity contribution in [2.24, 2.45) is 0 Å². The van der Waals surface area contributed by atoms with Gasteiger partial charge in [0.05, 0.1) is 0 Å². The molecule has 0 N–H and O–H groups in total. The molecule has 0 aromatic carbocycles. The van der Waals surface area contributed by atoms with Crippen molar-refractivity contribution in [3.63, 3.8) is 0 Å². The maximum atomic E-state index is 13.2. The average Bonchev–Trinajstić information content (AvgIpc) is 2.04. The molecule has 1 heterocycles. The minimum atomic E-state index is -0.575. The zero-order chi connectivity index (χ0) is 8.27. The van der Waals surface area contributed by atoms with E-state index in [1.54, 1.807) is 0 Å². The Morgan fingerprint density at radius 2 is 2.18 bits per heavy atom. The molecule has 1 aliphatic rings. The van der Waals surface area contributed by atoms with E-state index < -0.39 is 6.17 Å². The Kier molecular flexibility index (Phi) is 3.31. The highest BCUT2D eigenvalue weighted by atomic mass is 19.1. The molecular weight excluding hydrogens is 141 g/mol. The molecular formula is C9H18FN. The van der Waals surface area contributed by atoms with E-state index in [0.717, 1.165) is 32.4 Å². The van der Waals surface area contributed by atoms with Crippen molar-refractivity contribution < 1.29 is 4.39 Å². The first kappa shape index (κ1) is 8.98. The first-order valence-electron chi connectivity index (χ1n) is 4.67.